The van der Waals surface area contributed by atoms with Gasteiger partial charge >= 0.3 is 0 Å². The summed E-state index contributed by atoms with van der Waals surface area (Å²) in [6.45, 7) is 1.66. The first-order chi connectivity index (χ1) is 12.3. The summed E-state index contributed by atoms with van der Waals surface area (Å²) in [5.41, 5.74) is 4.40. The number of halogens is 1. The zero-order valence-corrected chi connectivity index (χ0v) is 15.3. The van der Waals surface area contributed by atoms with Crippen LogP contribution in [-0.2, 0) is 13.0 Å². The molecule has 1 aliphatic rings. The number of anilines is 1. The first-order valence-electron chi connectivity index (χ1n) is 7.93. The third-order valence-electron chi connectivity index (χ3n) is 4.20. The minimum atomic E-state index is 0.716. The predicted molar refractivity (Wildman–Crippen MR) is 101 cm³/mol. The number of hydrazine groups is 1. The van der Waals surface area contributed by atoms with Crippen molar-refractivity contribution in [1.29, 1.82) is 0 Å². The summed E-state index contributed by atoms with van der Waals surface area (Å²) in [7, 11) is 0. The van der Waals surface area contributed by atoms with E-state index in [1.807, 2.05) is 36.6 Å². The SMILES string of the molecule is CSN(c1ccncn1)N1CCc2[nH]nc(-c3cccc(Cl)c3)c2C1. The van der Waals surface area contributed by atoms with E-state index in [2.05, 4.69) is 29.6 Å². The molecule has 0 bridgehead atoms. The summed E-state index contributed by atoms with van der Waals surface area (Å²) in [5, 5.41) is 10.7. The molecule has 25 heavy (non-hydrogen) atoms. The maximum Gasteiger partial charge on any atom is 0.156 e. The lowest BCUT2D eigenvalue weighted by atomic mass is 10.0. The molecule has 0 atom stereocenters. The third-order valence-corrected chi connectivity index (χ3v) is 5.20. The van der Waals surface area contributed by atoms with Crippen LogP contribution in [-0.4, -0.2) is 38.0 Å². The number of rotatable bonds is 4. The van der Waals surface area contributed by atoms with Crippen molar-refractivity contribution in [2.75, 3.05) is 17.2 Å². The van der Waals surface area contributed by atoms with E-state index >= 15 is 0 Å². The average Bonchev–Trinajstić information content (AvgIpc) is 3.07. The Morgan fingerprint density at radius 1 is 1.32 bits per heavy atom. The average molecular weight is 373 g/mol. The van der Waals surface area contributed by atoms with Gasteiger partial charge in [0.2, 0.25) is 0 Å². The second-order valence-corrected chi connectivity index (χ2v) is 6.85. The number of hydrogen-bond acceptors (Lipinski definition) is 6. The second-order valence-electron chi connectivity index (χ2n) is 5.70. The van der Waals surface area contributed by atoms with E-state index in [4.69, 9.17) is 11.6 Å². The molecule has 0 spiro atoms. The molecule has 0 radical (unpaired) electrons. The number of benzene rings is 1. The van der Waals surface area contributed by atoms with E-state index in [1.165, 1.54) is 11.3 Å². The fourth-order valence-corrected chi connectivity index (χ4v) is 3.92. The Morgan fingerprint density at radius 3 is 3.00 bits per heavy atom. The van der Waals surface area contributed by atoms with E-state index < -0.39 is 0 Å². The number of aromatic amines is 1. The largest absolute Gasteiger partial charge is 0.282 e. The van der Waals surface area contributed by atoms with E-state index in [9.17, 15) is 0 Å². The van der Waals surface area contributed by atoms with Gasteiger partial charge in [0.25, 0.3) is 0 Å². The molecular weight excluding hydrogens is 356 g/mol. The molecule has 1 aromatic carbocycles. The van der Waals surface area contributed by atoms with E-state index in [0.717, 1.165) is 36.6 Å². The van der Waals surface area contributed by atoms with Crippen LogP contribution < -0.4 is 4.41 Å². The van der Waals surface area contributed by atoms with E-state index in [0.29, 0.717) is 5.02 Å². The molecular formula is C17H17ClN6S. The first-order valence-corrected chi connectivity index (χ1v) is 9.49. The van der Waals surface area contributed by atoms with Gasteiger partial charge in [0, 0.05) is 59.9 Å². The number of nitrogens with zero attached hydrogens (tertiary/aromatic N) is 5. The predicted octanol–water partition coefficient (Wildman–Crippen LogP) is 3.58. The maximum atomic E-state index is 6.15. The highest BCUT2D eigenvalue weighted by Crippen LogP contribution is 2.32. The molecule has 128 valence electrons. The lowest BCUT2D eigenvalue weighted by Crippen LogP contribution is -2.41. The van der Waals surface area contributed by atoms with Gasteiger partial charge in [0.1, 0.15) is 6.33 Å². The Balaban J connectivity index is 1.65. The normalized spacial score (nSPS) is 14.3. The second kappa shape index (κ2) is 7.03. The molecule has 0 unspecified atom stereocenters. The summed E-state index contributed by atoms with van der Waals surface area (Å²) in [5.74, 6) is 0.874. The molecule has 0 saturated carbocycles. The van der Waals surface area contributed by atoms with Gasteiger partial charge in [-0.25, -0.2) is 19.4 Å². The molecule has 8 heteroatoms. The molecule has 1 aliphatic heterocycles. The molecule has 2 aromatic heterocycles. The van der Waals surface area contributed by atoms with Gasteiger partial charge in [-0.1, -0.05) is 23.7 Å². The van der Waals surface area contributed by atoms with Gasteiger partial charge in [-0.3, -0.25) is 5.10 Å². The Labute approximate surface area is 155 Å². The van der Waals surface area contributed by atoms with Crippen LogP contribution in [0.3, 0.4) is 0 Å². The lowest BCUT2D eigenvalue weighted by Gasteiger charge is -2.36. The van der Waals surface area contributed by atoms with Crippen molar-refractivity contribution in [1.82, 2.24) is 25.2 Å². The highest BCUT2D eigenvalue weighted by Gasteiger charge is 2.27. The Bertz CT molecular complexity index is 869. The van der Waals surface area contributed by atoms with Crippen molar-refractivity contribution in [3.05, 3.63) is 59.1 Å². The highest BCUT2D eigenvalue weighted by atomic mass is 35.5. The highest BCUT2D eigenvalue weighted by molar-refractivity contribution is 7.99. The number of fused-ring (bicyclic) bond motifs is 1. The third kappa shape index (κ3) is 3.22. The lowest BCUT2D eigenvalue weighted by molar-refractivity contribution is 0.273. The van der Waals surface area contributed by atoms with Crippen LogP contribution in [0.15, 0.2) is 42.9 Å². The van der Waals surface area contributed by atoms with Crippen molar-refractivity contribution in [3.63, 3.8) is 0 Å². The van der Waals surface area contributed by atoms with Gasteiger partial charge in [0.05, 0.1) is 5.69 Å². The van der Waals surface area contributed by atoms with Gasteiger partial charge in [-0.05, 0) is 24.1 Å². The van der Waals surface area contributed by atoms with Crippen molar-refractivity contribution < 1.29 is 0 Å². The molecule has 0 fully saturated rings. The number of hydrogen-bond donors (Lipinski definition) is 1. The molecule has 4 rings (SSSR count). The van der Waals surface area contributed by atoms with Crippen LogP contribution in [0.4, 0.5) is 5.82 Å². The Hall–Kier alpha value is -2.09. The fraction of sp³-hybridized carbons (Fsp3) is 0.235. The minimum Gasteiger partial charge on any atom is -0.282 e. The number of H-pyrrole nitrogens is 1. The quantitative estimate of drug-likeness (QED) is 0.706. The van der Waals surface area contributed by atoms with Crippen LogP contribution in [0.5, 0.6) is 0 Å². The zero-order valence-electron chi connectivity index (χ0n) is 13.7. The summed E-state index contributed by atoms with van der Waals surface area (Å²) < 4.78 is 2.11. The van der Waals surface area contributed by atoms with Crippen LogP contribution in [0.1, 0.15) is 11.3 Å². The fourth-order valence-electron chi connectivity index (χ4n) is 3.06. The summed E-state index contributed by atoms with van der Waals surface area (Å²) in [4.78, 5) is 8.38. The smallest absolute Gasteiger partial charge is 0.156 e. The zero-order chi connectivity index (χ0) is 17.2. The molecule has 0 aliphatic carbocycles. The molecule has 0 amide bonds. The van der Waals surface area contributed by atoms with Crippen molar-refractivity contribution in [2.45, 2.75) is 13.0 Å². The summed E-state index contributed by atoms with van der Waals surface area (Å²) >= 11 is 7.78. The summed E-state index contributed by atoms with van der Waals surface area (Å²) in [6, 6.07) is 9.74. The van der Waals surface area contributed by atoms with Crippen molar-refractivity contribution in [2.24, 2.45) is 0 Å². The molecule has 1 N–H and O–H groups in total. The number of aromatic nitrogens is 4. The van der Waals surface area contributed by atoms with Gasteiger partial charge in [-0.15, -0.1) is 0 Å². The van der Waals surface area contributed by atoms with E-state index in [-0.39, 0.29) is 0 Å². The minimum absolute atomic E-state index is 0.716. The Kier molecular flexibility index (Phi) is 4.61. The summed E-state index contributed by atoms with van der Waals surface area (Å²) in [6.07, 6.45) is 6.29. The van der Waals surface area contributed by atoms with Gasteiger partial charge in [0.15, 0.2) is 5.82 Å². The van der Waals surface area contributed by atoms with Crippen molar-refractivity contribution in [3.8, 4) is 11.3 Å². The van der Waals surface area contributed by atoms with Crippen molar-refractivity contribution >= 4 is 29.4 Å². The van der Waals surface area contributed by atoms with E-state index in [1.54, 1.807) is 24.5 Å². The Morgan fingerprint density at radius 2 is 2.24 bits per heavy atom. The van der Waals surface area contributed by atoms with Crippen LogP contribution in [0.2, 0.25) is 5.02 Å². The molecule has 6 nitrogen and oxygen atoms in total. The topological polar surface area (TPSA) is 60.9 Å². The number of nitrogens with one attached hydrogen (secondary N) is 1. The molecule has 3 heterocycles. The van der Waals surface area contributed by atoms with Gasteiger partial charge in [-0.2, -0.15) is 5.10 Å². The standard InChI is InChI=1S/C17H17ClN6S/c1-25-24(16-5-7-19-11-20-16)23-8-6-15-14(10-23)17(22-21-15)12-3-2-4-13(18)9-12/h2-5,7,9,11H,6,8,10H2,1H3,(H,21,22). The van der Waals surface area contributed by atoms with Crippen LogP contribution >= 0.6 is 23.5 Å². The first kappa shape index (κ1) is 16.4. The van der Waals surface area contributed by atoms with Gasteiger partial charge < -0.3 is 0 Å². The maximum absolute atomic E-state index is 6.15. The monoisotopic (exact) mass is 372 g/mol. The molecule has 0 saturated heterocycles. The molecule has 3 aromatic rings. The van der Waals surface area contributed by atoms with Crippen LogP contribution in [0, 0.1) is 0 Å². The van der Waals surface area contributed by atoms with Crippen LogP contribution in [0.25, 0.3) is 11.3 Å².